The third-order valence-electron chi connectivity index (χ3n) is 5.46. The van der Waals surface area contributed by atoms with E-state index < -0.39 is 8.07 Å². The minimum Gasteiger partial charge on any atom is -0.101 e. The van der Waals surface area contributed by atoms with Gasteiger partial charge in [0.15, 0.2) is 0 Å². The van der Waals surface area contributed by atoms with E-state index in [9.17, 15) is 0 Å². The van der Waals surface area contributed by atoms with Crippen LogP contribution < -0.4 is 0 Å². The third-order valence-corrected chi connectivity index (χ3v) is 8.36. The number of hydrogen-bond acceptors (Lipinski definition) is 0. The molecule has 0 aromatic carbocycles. The Morgan fingerprint density at radius 2 is 1.67 bits per heavy atom. The Morgan fingerprint density at radius 1 is 1.11 bits per heavy atom. The SMILES string of the molecule is C=C(C)CB1C2CCCC(CCC2)[C@@H]1[Si](C)(C)C. The smallest absolute Gasteiger partial charge is 0.101 e. The largest absolute Gasteiger partial charge is 0.148 e. The van der Waals surface area contributed by atoms with E-state index in [2.05, 4.69) is 33.1 Å². The van der Waals surface area contributed by atoms with Gasteiger partial charge in [-0.2, -0.15) is 0 Å². The lowest BCUT2D eigenvalue weighted by Crippen LogP contribution is -2.43. The third kappa shape index (κ3) is 3.12. The van der Waals surface area contributed by atoms with Crippen molar-refractivity contribution in [2.45, 2.75) is 82.7 Å². The van der Waals surface area contributed by atoms with Gasteiger partial charge in [0.25, 0.3) is 0 Å². The summed E-state index contributed by atoms with van der Waals surface area (Å²) in [6.45, 7) is 15.3. The number of fused-ring (bicyclic) bond motifs is 3. The predicted octanol–water partition coefficient (Wildman–Crippen LogP) is 5.66. The average molecular weight is 262 g/mol. The molecular weight excluding hydrogens is 231 g/mol. The minimum absolute atomic E-state index is 0.976. The molecular formula is C16H31BSi. The first-order chi connectivity index (χ1) is 8.39. The quantitative estimate of drug-likeness (QED) is 0.455. The standard InChI is InChI=1S/C16H31BSi/c1-13(2)12-17-15-10-6-8-14(9-7-11-15)16(17)18(3,4)5/h14-16H,1,6-12H2,2-5H3/t14?,15?,16-/m0/s1. The van der Waals surface area contributed by atoms with Crippen LogP contribution in [0.15, 0.2) is 12.2 Å². The van der Waals surface area contributed by atoms with E-state index in [0.717, 1.165) is 23.9 Å². The maximum absolute atomic E-state index is 4.23. The van der Waals surface area contributed by atoms with Crippen LogP contribution in [-0.2, 0) is 0 Å². The first-order valence-corrected chi connectivity index (χ1v) is 11.6. The zero-order chi connectivity index (χ0) is 13.3. The monoisotopic (exact) mass is 262 g/mol. The molecule has 2 fully saturated rings. The Labute approximate surface area is 116 Å². The summed E-state index contributed by atoms with van der Waals surface area (Å²) in [4.78, 5) is 0. The van der Waals surface area contributed by atoms with Gasteiger partial charge in [0.05, 0.1) is 0 Å². The van der Waals surface area contributed by atoms with Crippen LogP contribution in [-0.4, -0.2) is 14.8 Å². The maximum atomic E-state index is 4.23. The van der Waals surface area contributed by atoms with Gasteiger partial charge in [-0.05, 0) is 12.8 Å². The molecule has 0 N–H and O–H groups in total. The van der Waals surface area contributed by atoms with Crippen molar-refractivity contribution >= 4 is 14.8 Å². The van der Waals surface area contributed by atoms with Crippen LogP contribution in [0.5, 0.6) is 0 Å². The van der Waals surface area contributed by atoms with E-state index in [1.165, 1.54) is 50.4 Å². The van der Waals surface area contributed by atoms with Crippen molar-refractivity contribution in [3.63, 3.8) is 0 Å². The van der Waals surface area contributed by atoms with E-state index in [4.69, 9.17) is 0 Å². The fraction of sp³-hybridized carbons (Fsp3) is 0.875. The molecule has 0 saturated carbocycles. The Kier molecular flexibility index (Phi) is 4.46. The molecule has 0 amide bonds. The van der Waals surface area contributed by atoms with Crippen molar-refractivity contribution in [2.24, 2.45) is 5.92 Å². The van der Waals surface area contributed by atoms with Crippen molar-refractivity contribution in [1.82, 2.24) is 0 Å². The van der Waals surface area contributed by atoms with E-state index in [-0.39, 0.29) is 0 Å². The highest BCUT2D eigenvalue weighted by molar-refractivity contribution is 6.90. The van der Waals surface area contributed by atoms with Gasteiger partial charge in [0.1, 0.15) is 6.71 Å². The van der Waals surface area contributed by atoms with Gasteiger partial charge < -0.3 is 0 Å². The fourth-order valence-electron chi connectivity index (χ4n) is 5.05. The van der Waals surface area contributed by atoms with Crippen LogP contribution in [0.4, 0.5) is 0 Å². The van der Waals surface area contributed by atoms with Gasteiger partial charge in [0.2, 0.25) is 0 Å². The summed E-state index contributed by atoms with van der Waals surface area (Å²) >= 11 is 0. The highest BCUT2D eigenvalue weighted by Gasteiger charge is 2.46. The summed E-state index contributed by atoms with van der Waals surface area (Å²) in [7, 11) is -1.05. The molecule has 0 aromatic rings. The molecule has 0 unspecified atom stereocenters. The highest BCUT2D eigenvalue weighted by atomic mass is 28.3. The molecule has 0 nitrogen and oxygen atoms in total. The molecule has 2 aliphatic heterocycles. The first-order valence-electron chi connectivity index (χ1n) is 8.04. The number of hydrogen-bond donors (Lipinski definition) is 0. The summed E-state index contributed by atoms with van der Waals surface area (Å²) in [6, 6.07) is 0. The molecule has 18 heavy (non-hydrogen) atoms. The molecule has 102 valence electrons. The van der Waals surface area contributed by atoms with Gasteiger partial charge in [-0.3, -0.25) is 0 Å². The highest BCUT2D eigenvalue weighted by Crippen LogP contribution is 2.51. The van der Waals surface area contributed by atoms with Crippen molar-refractivity contribution in [1.29, 1.82) is 0 Å². The minimum atomic E-state index is -1.05. The van der Waals surface area contributed by atoms with E-state index in [1.807, 2.05) is 0 Å². The van der Waals surface area contributed by atoms with Crippen molar-refractivity contribution < 1.29 is 0 Å². The average Bonchev–Trinajstić information content (AvgIpc) is 2.42. The molecule has 0 radical (unpaired) electrons. The summed E-state index contributed by atoms with van der Waals surface area (Å²) < 4.78 is 0. The molecule has 1 atom stereocenters. The molecule has 0 spiro atoms. The summed E-state index contributed by atoms with van der Waals surface area (Å²) in [5, 5.41) is 0. The molecule has 2 heterocycles. The van der Waals surface area contributed by atoms with Gasteiger partial charge in [0, 0.05) is 8.07 Å². The fourth-order valence-corrected chi connectivity index (χ4v) is 8.47. The van der Waals surface area contributed by atoms with E-state index >= 15 is 0 Å². The second kappa shape index (κ2) is 5.56. The van der Waals surface area contributed by atoms with Gasteiger partial charge >= 0.3 is 0 Å². The Bertz CT molecular complexity index is 295. The summed E-state index contributed by atoms with van der Waals surface area (Å²) in [5.74, 6) is 2.07. The zero-order valence-electron chi connectivity index (χ0n) is 13.0. The summed E-state index contributed by atoms with van der Waals surface area (Å²) in [5.41, 5.74) is 2.49. The number of rotatable bonds is 3. The predicted molar refractivity (Wildman–Crippen MR) is 87.4 cm³/mol. The zero-order valence-corrected chi connectivity index (χ0v) is 14.0. The van der Waals surface area contributed by atoms with Crippen LogP contribution in [0.25, 0.3) is 0 Å². The van der Waals surface area contributed by atoms with Crippen LogP contribution in [0.1, 0.15) is 45.4 Å². The van der Waals surface area contributed by atoms with Crippen LogP contribution >= 0.6 is 0 Å². The van der Waals surface area contributed by atoms with Gasteiger partial charge in [-0.1, -0.05) is 81.3 Å². The summed E-state index contributed by atoms with van der Waals surface area (Å²) in [6.07, 6.45) is 10.4. The number of allylic oxidation sites excluding steroid dienone is 1. The van der Waals surface area contributed by atoms with Gasteiger partial charge in [-0.25, -0.2) is 0 Å². The van der Waals surface area contributed by atoms with Crippen LogP contribution in [0, 0.1) is 5.92 Å². The molecule has 0 aliphatic carbocycles. The van der Waals surface area contributed by atoms with Crippen LogP contribution in [0.3, 0.4) is 0 Å². The molecule has 2 rings (SSSR count). The second-order valence-electron chi connectivity index (χ2n) is 8.10. The maximum Gasteiger partial charge on any atom is 0.148 e. The van der Waals surface area contributed by atoms with Crippen molar-refractivity contribution in [2.75, 3.05) is 0 Å². The van der Waals surface area contributed by atoms with Crippen LogP contribution in [0.2, 0.25) is 37.2 Å². The van der Waals surface area contributed by atoms with E-state index in [0.29, 0.717) is 0 Å². The Balaban J connectivity index is 2.31. The molecule has 2 aliphatic rings. The normalized spacial score (nSPS) is 33.1. The lowest BCUT2D eigenvalue weighted by molar-refractivity contribution is 0.411. The molecule has 2 bridgehead atoms. The lowest BCUT2D eigenvalue weighted by atomic mass is 9.34. The van der Waals surface area contributed by atoms with E-state index in [1.54, 1.807) is 0 Å². The van der Waals surface area contributed by atoms with Crippen molar-refractivity contribution in [3.8, 4) is 0 Å². The Hall–Kier alpha value is 0.0218. The molecule has 2 heteroatoms. The van der Waals surface area contributed by atoms with Crippen molar-refractivity contribution in [3.05, 3.63) is 12.2 Å². The Morgan fingerprint density at radius 3 is 2.11 bits per heavy atom. The lowest BCUT2D eigenvalue weighted by Gasteiger charge is -2.39. The second-order valence-corrected chi connectivity index (χ2v) is 13.5. The first kappa shape index (κ1) is 14.4. The molecule has 0 aromatic heterocycles. The topological polar surface area (TPSA) is 0 Å². The van der Waals surface area contributed by atoms with Gasteiger partial charge in [-0.15, -0.1) is 6.58 Å². The molecule has 2 saturated heterocycles.